The summed E-state index contributed by atoms with van der Waals surface area (Å²) in [5, 5.41) is 9.75. The first-order valence-electron chi connectivity index (χ1n) is 5.71. The van der Waals surface area contributed by atoms with Crippen LogP contribution in [-0.2, 0) is 20.4 Å². The van der Waals surface area contributed by atoms with Crippen molar-refractivity contribution >= 4 is 22.7 Å². The number of rotatable bonds is 7. The number of amides is 1. The van der Waals surface area contributed by atoms with Crippen LogP contribution in [0.4, 0.5) is 0 Å². The van der Waals surface area contributed by atoms with Crippen molar-refractivity contribution in [3.05, 3.63) is 0 Å². The lowest BCUT2D eigenvalue weighted by Gasteiger charge is -2.16. The zero-order chi connectivity index (χ0) is 13.6. The van der Waals surface area contributed by atoms with E-state index in [1.807, 2.05) is 13.8 Å². The van der Waals surface area contributed by atoms with E-state index in [9.17, 15) is 13.8 Å². The van der Waals surface area contributed by atoms with Gasteiger partial charge < -0.3 is 10.4 Å². The van der Waals surface area contributed by atoms with Crippen molar-refractivity contribution in [3.8, 4) is 0 Å². The van der Waals surface area contributed by atoms with Crippen LogP contribution in [0.5, 0.6) is 0 Å². The molecule has 0 aliphatic carbocycles. The third-order valence-electron chi connectivity index (χ3n) is 2.33. The smallest absolute Gasteiger partial charge is 0.319 e. The normalized spacial score (nSPS) is 16.3. The van der Waals surface area contributed by atoms with E-state index in [1.54, 1.807) is 6.92 Å². The molecule has 3 unspecified atom stereocenters. The Morgan fingerprint density at radius 1 is 1.29 bits per heavy atom. The Balaban J connectivity index is 4.47. The maximum absolute atomic E-state index is 11.9. The highest BCUT2D eigenvalue weighted by Gasteiger charge is 2.30. The number of carboxylic acid groups (broad SMARTS) is 1. The van der Waals surface area contributed by atoms with E-state index in [0.29, 0.717) is 12.5 Å². The second-order valence-electron chi connectivity index (χ2n) is 4.34. The van der Waals surface area contributed by atoms with Crippen molar-refractivity contribution in [1.29, 1.82) is 0 Å². The van der Waals surface area contributed by atoms with E-state index in [2.05, 4.69) is 5.32 Å². The number of carbonyl (C=O) groups is 2. The molecule has 0 bridgehead atoms. The molecule has 0 rings (SSSR count). The molecule has 0 radical (unpaired) electrons. The average Bonchev–Trinajstić information content (AvgIpc) is 2.24. The molecule has 6 heteroatoms. The molecule has 17 heavy (non-hydrogen) atoms. The van der Waals surface area contributed by atoms with Crippen molar-refractivity contribution in [2.24, 2.45) is 5.92 Å². The molecule has 0 aliphatic heterocycles. The fraction of sp³-hybridized carbons (Fsp3) is 0.818. The van der Waals surface area contributed by atoms with Gasteiger partial charge in [-0.15, -0.1) is 0 Å². The fourth-order valence-corrected chi connectivity index (χ4v) is 2.55. The van der Waals surface area contributed by atoms with Crippen LogP contribution in [0.25, 0.3) is 0 Å². The summed E-state index contributed by atoms with van der Waals surface area (Å²) in [6, 6.07) is 0. The summed E-state index contributed by atoms with van der Waals surface area (Å²) in [6.07, 6.45) is 0.254. The Bertz CT molecular complexity index is 304. The number of hydrogen-bond acceptors (Lipinski definition) is 3. The van der Waals surface area contributed by atoms with Gasteiger partial charge >= 0.3 is 5.97 Å². The molecule has 2 N–H and O–H groups in total. The second kappa shape index (κ2) is 7.42. The number of hydrogen-bond donors (Lipinski definition) is 2. The highest BCUT2D eigenvalue weighted by atomic mass is 32.2. The van der Waals surface area contributed by atoms with E-state index in [1.165, 1.54) is 6.92 Å². The van der Waals surface area contributed by atoms with Crippen LogP contribution in [0.1, 0.15) is 34.1 Å². The summed E-state index contributed by atoms with van der Waals surface area (Å²) in [5.74, 6) is -1.16. The quantitative estimate of drug-likeness (QED) is 0.710. The monoisotopic (exact) mass is 263 g/mol. The van der Waals surface area contributed by atoms with Crippen LogP contribution < -0.4 is 5.32 Å². The molecule has 0 spiro atoms. The molecule has 100 valence electrons. The minimum Gasteiger partial charge on any atom is -0.480 e. The molecule has 0 aromatic heterocycles. The van der Waals surface area contributed by atoms with Crippen molar-refractivity contribution in [2.75, 3.05) is 6.54 Å². The summed E-state index contributed by atoms with van der Waals surface area (Å²) in [5.41, 5.74) is 0. The van der Waals surface area contributed by atoms with Crippen LogP contribution >= 0.6 is 0 Å². The van der Waals surface area contributed by atoms with Crippen LogP contribution in [-0.4, -0.2) is 38.2 Å². The molecule has 5 nitrogen and oxygen atoms in total. The van der Waals surface area contributed by atoms with Gasteiger partial charge in [-0.1, -0.05) is 20.8 Å². The number of aliphatic carboxylic acids is 1. The summed E-state index contributed by atoms with van der Waals surface area (Å²) < 4.78 is 11.9. The van der Waals surface area contributed by atoms with Gasteiger partial charge in [-0.2, -0.15) is 0 Å². The number of carboxylic acids is 1. The highest BCUT2D eigenvalue weighted by molar-refractivity contribution is 7.87. The summed E-state index contributed by atoms with van der Waals surface area (Å²) in [6.45, 7) is 7.55. The van der Waals surface area contributed by atoms with E-state index < -0.39 is 27.3 Å². The van der Waals surface area contributed by atoms with Crippen molar-refractivity contribution in [2.45, 2.75) is 44.6 Å². The SMILES string of the molecule is CCC(C(=O)O)S(=O)C(C)C(=O)NCC(C)C. The molecule has 0 heterocycles. The topological polar surface area (TPSA) is 83.5 Å². The Kier molecular flexibility index (Phi) is 7.03. The van der Waals surface area contributed by atoms with E-state index in [4.69, 9.17) is 5.11 Å². The van der Waals surface area contributed by atoms with Crippen molar-refractivity contribution < 1.29 is 18.9 Å². The van der Waals surface area contributed by atoms with Gasteiger partial charge in [0, 0.05) is 17.3 Å². The zero-order valence-electron chi connectivity index (χ0n) is 10.7. The van der Waals surface area contributed by atoms with Gasteiger partial charge in [0.1, 0.15) is 10.5 Å². The Labute approximate surface area is 104 Å². The minimum absolute atomic E-state index is 0.254. The standard InChI is InChI=1S/C11H21NO4S/c1-5-9(11(14)15)17(16)8(4)10(13)12-6-7(2)3/h7-9H,5-6H2,1-4H3,(H,12,13)(H,14,15). The van der Waals surface area contributed by atoms with Gasteiger partial charge in [-0.3, -0.25) is 13.8 Å². The fourth-order valence-electron chi connectivity index (χ4n) is 1.24. The number of nitrogens with one attached hydrogen (secondary N) is 1. The molecule has 0 saturated carbocycles. The summed E-state index contributed by atoms with van der Waals surface area (Å²) in [4.78, 5) is 22.5. The number of carbonyl (C=O) groups excluding carboxylic acids is 1. The molecular weight excluding hydrogens is 242 g/mol. The lowest BCUT2D eigenvalue weighted by Crippen LogP contribution is -2.41. The first kappa shape index (κ1) is 16.1. The molecule has 0 fully saturated rings. The Hall–Kier alpha value is -0.910. The van der Waals surface area contributed by atoms with E-state index in [0.717, 1.165) is 0 Å². The van der Waals surface area contributed by atoms with Crippen LogP contribution in [0.2, 0.25) is 0 Å². The van der Waals surface area contributed by atoms with Gasteiger partial charge in [-0.25, -0.2) is 0 Å². The average molecular weight is 263 g/mol. The maximum atomic E-state index is 11.9. The van der Waals surface area contributed by atoms with Gasteiger partial charge in [-0.05, 0) is 19.3 Å². The highest BCUT2D eigenvalue weighted by Crippen LogP contribution is 2.09. The van der Waals surface area contributed by atoms with E-state index >= 15 is 0 Å². The van der Waals surface area contributed by atoms with Crippen molar-refractivity contribution in [3.63, 3.8) is 0 Å². The third-order valence-corrected chi connectivity index (χ3v) is 4.34. The van der Waals surface area contributed by atoms with Crippen LogP contribution in [0.3, 0.4) is 0 Å². The van der Waals surface area contributed by atoms with Crippen LogP contribution in [0, 0.1) is 5.92 Å². The summed E-state index contributed by atoms with van der Waals surface area (Å²) >= 11 is 0. The predicted octanol–water partition coefficient (Wildman–Crippen LogP) is 0.759. The summed E-state index contributed by atoms with van der Waals surface area (Å²) in [7, 11) is -1.69. The maximum Gasteiger partial charge on any atom is 0.319 e. The first-order valence-corrected chi connectivity index (χ1v) is 6.98. The minimum atomic E-state index is -1.69. The molecular formula is C11H21NO4S. The van der Waals surface area contributed by atoms with Gasteiger partial charge in [0.15, 0.2) is 0 Å². The predicted molar refractivity (Wildman–Crippen MR) is 67.2 cm³/mol. The van der Waals surface area contributed by atoms with Crippen LogP contribution in [0.15, 0.2) is 0 Å². The largest absolute Gasteiger partial charge is 0.480 e. The van der Waals surface area contributed by atoms with Gasteiger partial charge in [0.05, 0.1) is 0 Å². The van der Waals surface area contributed by atoms with Gasteiger partial charge in [0.2, 0.25) is 5.91 Å². The van der Waals surface area contributed by atoms with Crippen molar-refractivity contribution in [1.82, 2.24) is 5.32 Å². The zero-order valence-corrected chi connectivity index (χ0v) is 11.5. The lowest BCUT2D eigenvalue weighted by molar-refractivity contribution is -0.136. The first-order chi connectivity index (χ1) is 7.81. The molecule has 0 saturated heterocycles. The molecule has 3 atom stereocenters. The molecule has 0 aliphatic rings. The Morgan fingerprint density at radius 2 is 1.82 bits per heavy atom. The van der Waals surface area contributed by atoms with E-state index in [-0.39, 0.29) is 12.3 Å². The molecule has 0 aromatic rings. The molecule has 1 amide bonds. The second-order valence-corrected chi connectivity index (χ2v) is 6.28. The lowest BCUT2D eigenvalue weighted by atomic mass is 10.2. The molecule has 0 aromatic carbocycles. The van der Waals surface area contributed by atoms with Gasteiger partial charge in [0.25, 0.3) is 0 Å². The Morgan fingerprint density at radius 3 is 2.18 bits per heavy atom. The third kappa shape index (κ3) is 5.30.